The molecule has 1 fully saturated rings. The van der Waals surface area contributed by atoms with Crippen molar-refractivity contribution in [2.45, 2.75) is 31.2 Å². The lowest BCUT2D eigenvalue weighted by Crippen LogP contribution is -2.51. The van der Waals surface area contributed by atoms with Crippen molar-refractivity contribution in [3.05, 3.63) is 30.3 Å². The number of hydrogen-bond donors (Lipinski definition) is 1. The highest BCUT2D eigenvalue weighted by Crippen LogP contribution is 2.28. The summed E-state index contributed by atoms with van der Waals surface area (Å²) in [6.45, 7) is 2.31. The van der Waals surface area contributed by atoms with E-state index in [1.807, 2.05) is 6.07 Å². The summed E-state index contributed by atoms with van der Waals surface area (Å²) < 4.78 is 0. The third kappa shape index (κ3) is 1.44. The van der Waals surface area contributed by atoms with Gasteiger partial charge in [-0.05, 0) is 6.42 Å². The van der Waals surface area contributed by atoms with Gasteiger partial charge in [0.15, 0.2) is 0 Å². The molecule has 2 unspecified atom stereocenters. The minimum absolute atomic E-state index is 0.0186. The van der Waals surface area contributed by atoms with E-state index in [0.717, 1.165) is 6.42 Å². The van der Waals surface area contributed by atoms with Crippen LogP contribution < -0.4 is 5.19 Å². The predicted molar refractivity (Wildman–Crippen MR) is 57.7 cm³/mol. The second-order valence-electron chi connectivity index (χ2n) is 4.19. The van der Waals surface area contributed by atoms with Crippen LogP contribution in [0.1, 0.15) is 12.8 Å². The van der Waals surface area contributed by atoms with Crippen molar-refractivity contribution >= 4 is 13.3 Å². The van der Waals surface area contributed by atoms with Gasteiger partial charge in [0.2, 0.25) is 0 Å². The van der Waals surface area contributed by atoms with Gasteiger partial charge in [0.1, 0.15) is 8.07 Å². The van der Waals surface area contributed by atoms with Crippen LogP contribution in [0.15, 0.2) is 30.3 Å². The van der Waals surface area contributed by atoms with Crippen molar-refractivity contribution in [1.82, 2.24) is 0 Å². The van der Waals surface area contributed by atoms with Gasteiger partial charge < -0.3 is 5.11 Å². The van der Waals surface area contributed by atoms with Gasteiger partial charge in [-0.2, -0.15) is 0 Å². The second-order valence-corrected chi connectivity index (χ2v) is 8.77. The minimum atomic E-state index is -1.51. The molecule has 0 radical (unpaired) electrons. The Morgan fingerprint density at radius 1 is 1.31 bits per heavy atom. The summed E-state index contributed by atoms with van der Waals surface area (Å²) >= 11 is 0. The predicted octanol–water partition coefficient (Wildman–Crippen LogP) is 1.67. The van der Waals surface area contributed by atoms with Crippen LogP contribution in [0.3, 0.4) is 0 Å². The zero-order valence-corrected chi connectivity index (χ0v) is 9.03. The summed E-state index contributed by atoms with van der Waals surface area (Å²) in [5.74, 6) is 0. The second kappa shape index (κ2) is 3.27. The first-order valence-corrected chi connectivity index (χ1v) is 7.75. The molecule has 0 aromatic heterocycles. The van der Waals surface area contributed by atoms with Crippen molar-refractivity contribution in [2.75, 3.05) is 0 Å². The average molecular weight is 192 g/mol. The lowest BCUT2D eigenvalue weighted by molar-refractivity contribution is 0.245. The maximum atomic E-state index is 9.96. The molecule has 1 aliphatic heterocycles. The molecule has 13 heavy (non-hydrogen) atoms. The Kier molecular flexibility index (Phi) is 2.26. The van der Waals surface area contributed by atoms with Gasteiger partial charge in [-0.25, -0.2) is 0 Å². The normalized spacial score (nSPS) is 33.5. The van der Waals surface area contributed by atoms with E-state index < -0.39 is 8.07 Å². The van der Waals surface area contributed by atoms with Crippen LogP contribution in [0.5, 0.6) is 0 Å². The Morgan fingerprint density at radius 3 is 2.54 bits per heavy atom. The topological polar surface area (TPSA) is 20.2 Å². The summed E-state index contributed by atoms with van der Waals surface area (Å²) in [6, 6.07) is 11.8. The fourth-order valence-corrected chi connectivity index (χ4v) is 6.04. The SMILES string of the molecule is C[Si]1(c2ccccc2)CCCC1O. The highest BCUT2D eigenvalue weighted by atomic mass is 28.3. The highest BCUT2D eigenvalue weighted by molar-refractivity contribution is 6.92. The van der Waals surface area contributed by atoms with Gasteiger partial charge >= 0.3 is 0 Å². The van der Waals surface area contributed by atoms with E-state index in [1.165, 1.54) is 17.7 Å². The fourth-order valence-electron chi connectivity index (χ4n) is 2.30. The lowest BCUT2D eigenvalue weighted by atomic mass is 10.4. The molecule has 2 heteroatoms. The zero-order valence-electron chi connectivity index (χ0n) is 8.03. The molecule has 0 saturated carbocycles. The Hall–Kier alpha value is -0.603. The van der Waals surface area contributed by atoms with E-state index >= 15 is 0 Å². The average Bonchev–Trinajstić information content (AvgIpc) is 2.50. The highest BCUT2D eigenvalue weighted by Gasteiger charge is 2.41. The van der Waals surface area contributed by atoms with E-state index in [2.05, 4.69) is 30.8 Å². The largest absolute Gasteiger partial charge is 0.396 e. The summed E-state index contributed by atoms with van der Waals surface area (Å²) in [7, 11) is -1.51. The van der Waals surface area contributed by atoms with Crippen molar-refractivity contribution in [1.29, 1.82) is 0 Å². The van der Waals surface area contributed by atoms with Gasteiger partial charge in [-0.15, -0.1) is 0 Å². The van der Waals surface area contributed by atoms with Crippen molar-refractivity contribution in [2.24, 2.45) is 0 Å². The summed E-state index contributed by atoms with van der Waals surface area (Å²) in [5.41, 5.74) is -0.0186. The fraction of sp³-hybridized carbons (Fsp3) is 0.455. The molecule has 1 N–H and O–H groups in total. The Morgan fingerprint density at radius 2 is 2.00 bits per heavy atom. The third-order valence-corrected chi connectivity index (χ3v) is 8.15. The van der Waals surface area contributed by atoms with Gasteiger partial charge in [0.25, 0.3) is 0 Å². The van der Waals surface area contributed by atoms with Gasteiger partial charge in [-0.1, -0.05) is 54.5 Å². The molecule has 0 spiro atoms. The number of aliphatic hydroxyl groups is 1. The molecule has 1 aromatic rings. The molecule has 1 heterocycles. The van der Waals surface area contributed by atoms with Crippen LogP contribution in [0.2, 0.25) is 12.6 Å². The van der Waals surface area contributed by atoms with Gasteiger partial charge in [0.05, 0.1) is 0 Å². The minimum Gasteiger partial charge on any atom is -0.396 e. The zero-order chi connectivity index (χ0) is 9.31. The number of hydrogen-bond acceptors (Lipinski definition) is 1. The molecule has 70 valence electrons. The Balaban J connectivity index is 2.34. The van der Waals surface area contributed by atoms with E-state index in [4.69, 9.17) is 0 Å². The molecule has 0 aliphatic carbocycles. The maximum Gasteiger partial charge on any atom is 0.116 e. The van der Waals surface area contributed by atoms with E-state index in [9.17, 15) is 5.11 Å². The van der Waals surface area contributed by atoms with Crippen LogP contribution in [-0.2, 0) is 0 Å². The first-order valence-electron chi connectivity index (χ1n) is 4.97. The summed E-state index contributed by atoms with van der Waals surface area (Å²) in [6.07, 6.45) is 2.22. The first-order chi connectivity index (χ1) is 6.23. The van der Waals surface area contributed by atoms with Crippen molar-refractivity contribution in [3.8, 4) is 0 Å². The number of rotatable bonds is 1. The molecule has 1 aromatic carbocycles. The molecule has 0 bridgehead atoms. The van der Waals surface area contributed by atoms with Crippen LogP contribution >= 0.6 is 0 Å². The van der Waals surface area contributed by atoms with Crippen molar-refractivity contribution < 1.29 is 5.11 Å². The molecule has 1 saturated heterocycles. The Labute approximate surface area is 80.4 Å². The Bertz CT molecular complexity index is 285. The van der Waals surface area contributed by atoms with E-state index in [1.54, 1.807) is 0 Å². The first kappa shape index (κ1) is 8.97. The van der Waals surface area contributed by atoms with Crippen molar-refractivity contribution in [3.63, 3.8) is 0 Å². The van der Waals surface area contributed by atoms with Gasteiger partial charge in [0, 0.05) is 5.73 Å². The molecule has 2 atom stereocenters. The van der Waals surface area contributed by atoms with Crippen LogP contribution in [0.25, 0.3) is 0 Å². The molecule has 2 rings (SSSR count). The molecule has 0 amide bonds. The molecule has 1 aliphatic rings. The summed E-state index contributed by atoms with van der Waals surface area (Å²) in [5, 5.41) is 11.4. The van der Waals surface area contributed by atoms with E-state index in [0.29, 0.717) is 0 Å². The summed E-state index contributed by atoms with van der Waals surface area (Å²) in [4.78, 5) is 0. The van der Waals surface area contributed by atoms with Crippen LogP contribution in [0.4, 0.5) is 0 Å². The molecule has 1 nitrogen and oxygen atoms in total. The molecular weight excluding hydrogens is 176 g/mol. The van der Waals surface area contributed by atoms with Gasteiger partial charge in [-0.3, -0.25) is 0 Å². The number of benzene rings is 1. The maximum absolute atomic E-state index is 9.96. The monoisotopic (exact) mass is 192 g/mol. The smallest absolute Gasteiger partial charge is 0.116 e. The van der Waals surface area contributed by atoms with Crippen LogP contribution in [-0.4, -0.2) is 18.9 Å². The quantitative estimate of drug-likeness (QED) is 0.671. The lowest BCUT2D eigenvalue weighted by Gasteiger charge is -2.25. The molecular formula is C11H16OSi. The number of aliphatic hydroxyl groups excluding tert-OH is 1. The van der Waals surface area contributed by atoms with Crippen LogP contribution in [0, 0.1) is 0 Å². The van der Waals surface area contributed by atoms with E-state index in [-0.39, 0.29) is 5.73 Å². The standard InChI is InChI=1S/C11H16OSi/c1-13(9-5-8-11(13)12)10-6-3-2-4-7-10/h2-4,6-7,11-12H,5,8-9H2,1H3. The third-order valence-electron chi connectivity index (χ3n) is 3.34.